The van der Waals surface area contributed by atoms with Crippen LogP contribution in [-0.2, 0) is 0 Å². The summed E-state index contributed by atoms with van der Waals surface area (Å²) in [5.74, 6) is 8.32. The highest BCUT2D eigenvalue weighted by Crippen LogP contribution is 2.07. The molecule has 0 heterocycles. The van der Waals surface area contributed by atoms with Crippen molar-refractivity contribution in [2.45, 2.75) is 11.6 Å². The molecule has 0 radical (unpaired) electrons. The predicted molar refractivity (Wildman–Crippen MR) is 57.2 cm³/mol. The van der Waals surface area contributed by atoms with E-state index in [1.54, 1.807) is 0 Å². The third kappa shape index (κ3) is 4.63. The number of para-hydroxylation sites is 1. The molecule has 13 heavy (non-hydrogen) atoms. The summed E-state index contributed by atoms with van der Waals surface area (Å²) in [7, 11) is 0. The lowest BCUT2D eigenvalue weighted by molar-refractivity contribution is 0.370. The molecule has 0 spiro atoms. The van der Waals surface area contributed by atoms with Crippen LogP contribution in [0.4, 0.5) is 0 Å². The van der Waals surface area contributed by atoms with Crippen LogP contribution in [0.2, 0.25) is 11.6 Å². The lowest BCUT2D eigenvalue weighted by Crippen LogP contribution is -1.98. The molecule has 0 fully saturated rings. The Hall–Kier alpha value is -0.888. The van der Waals surface area contributed by atoms with Crippen molar-refractivity contribution in [3.8, 4) is 16.5 Å². The van der Waals surface area contributed by atoms with Crippen LogP contribution >= 0.6 is 0 Å². The van der Waals surface area contributed by atoms with Crippen molar-refractivity contribution in [1.82, 2.24) is 0 Å². The molecule has 2 heteroatoms. The summed E-state index contributed by atoms with van der Waals surface area (Å²) in [5.41, 5.74) is 0. The number of hydrogen-bond acceptors (Lipinski definition) is 1. The van der Waals surface area contributed by atoms with Crippen molar-refractivity contribution in [2.75, 3.05) is 6.61 Å². The maximum atomic E-state index is 5.40. The van der Waals surface area contributed by atoms with E-state index < -0.39 is 14.1 Å². The van der Waals surface area contributed by atoms with Crippen LogP contribution in [0.15, 0.2) is 30.3 Å². The monoisotopic (exact) mass is 188 g/mol. The Morgan fingerprint density at radius 1 is 1.23 bits per heavy atom. The van der Waals surface area contributed by atoms with E-state index in [1.807, 2.05) is 30.3 Å². The first kappa shape index (κ1) is 10.2. The second kappa shape index (κ2) is 5.71. The standard InChI is InChI=1S/C9H7O.2CH3.Al/c1-2-8-10-9-6-4-3-5-7-9;;;/h3-7H,8H2;2*1H3;. The zero-order valence-electron chi connectivity index (χ0n) is 8.08. The van der Waals surface area contributed by atoms with Gasteiger partial charge in [0.15, 0.2) is 0 Å². The van der Waals surface area contributed by atoms with Gasteiger partial charge in [-0.05, 0) is 12.1 Å². The van der Waals surface area contributed by atoms with E-state index in [-0.39, 0.29) is 0 Å². The van der Waals surface area contributed by atoms with Gasteiger partial charge in [0.1, 0.15) is 12.4 Å². The second-order valence-corrected chi connectivity index (χ2v) is 5.68. The van der Waals surface area contributed by atoms with Crippen LogP contribution < -0.4 is 4.74 Å². The van der Waals surface area contributed by atoms with E-state index in [4.69, 9.17) is 4.74 Å². The van der Waals surface area contributed by atoms with Gasteiger partial charge < -0.3 is 4.74 Å². The average Bonchev–Trinajstić information content (AvgIpc) is 2.14. The van der Waals surface area contributed by atoms with Gasteiger partial charge in [0.25, 0.3) is 0 Å². The second-order valence-electron chi connectivity index (χ2n) is 3.08. The zero-order valence-corrected chi connectivity index (χ0v) is 9.23. The van der Waals surface area contributed by atoms with E-state index in [9.17, 15) is 0 Å². The Kier molecular flexibility index (Phi) is 4.47. The van der Waals surface area contributed by atoms with E-state index in [2.05, 4.69) is 22.3 Å². The minimum atomic E-state index is -0.737. The van der Waals surface area contributed by atoms with Crippen molar-refractivity contribution in [2.24, 2.45) is 0 Å². The first-order chi connectivity index (χ1) is 6.29. The van der Waals surface area contributed by atoms with Crippen LogP contribution in [0.3, 0.4) is 0 Å². The molecular weight excluding hydrogens is 175 g/mol. The fraction of sp³-hybridized carbons (Fsp3) is 0.273. The van der Waals surface area contributed by atoms with E-state index >= 15 is 0 Å². The molecule has 0 bridgehead atoms. The van der Waals surface area contributed by atoms with Gasteiger partial charge in [0, 0.05) is 0 Å². The molecule has 1 rings (SSSR count). The van der Waals surface area contributed by atoms with Crippen molar-refractivity contribution in [3.63, 3.8) is 0 Å². The quantitative estimate of drug-likeness (QED) is 0.511. The summed E-state index contributed by atoms with van der Waals surface area (Å²) < 4.78 is 5.40. The Balaban J connectivity index is 2.33. The number of ether oxygens (including phenoxy) is 1. The normalized spacial score (nSPS) is 8.46. The molecule has 0 aromatic heterocycles. The van der Waals surface area contributed by atoms with Gasteiger partial charge in [0.2, 0.25) is 0 Å². The maximum Gasteiger partial charge on any atom is 0.369 e. The van der Waals surface area contributed by atoms with E-state index in [0.29, 0.717) is 6.61 Å². The molecule has 1 nitrogen and oxygen atoms in total. The molecule has 0 aliphatic heterocycles. The zero-order chi connectivity index (χ0) is 9.52. The molecule has 0 aliphatic carbocycles. The third-order valence-electron chi connectivity index (χ3n) is 1.44. The van der Waals surface area contributed by atoms with Gasteiger partial charge >= 0.3 is 14.1 Å². The third-order valence-corrected chi connectivity index (χ3v) is 2.23. The molecule has 0 amide bonds. The van der Waals surface area contributed by atoms with Gasteiger partial charge in [0.05, 0.1) is 0 Å². The summed E-state index contributed by atoms with van der Waals surface area (Å²) in [4.78, 5) is 3.18. The molecule has 0 saturated carbocycles. The van der Waals surface area contributed by atoms with Gasteiger partial charge in [-0.1, -0.05) is 35.7 Å². The summed E-state index contributed by atoms with van der Waals surface area (Å²) >= 11 is -0.737. The molecule has 0 N–H and O–H groups in total. The van der Waals surface area contributed by atoms with Crippen LogP contribution in [0.1, 0.15) is 0 Å². The molecular formula is C11H13AlO. The summed E-state index contributed by atoms with van der Waals surface area (Å²) in [6, 6.07) is 9.77. The smallest absolute Gasteiger partial charge is 0.369 e. The average molecular weight is 188 g/mol. The molecule has 0 aliphatic rings. The fourth-order valence-electron chi connectivity index (χ4n) is 0.882. The maximum absolute atomic E-state index is 5.40. The number of benzene rings is 1. The van der Waals surface area contributed by atoms with E-state index in [1.165, 1.54) is 0 Å². The lowest BCUT2D eigenvalue weighted by Gasteiger charge is -1.99. The van der Waals surface area contributed by atoms with Crippen LogP contribution in [0.25, 0.3) is 0 Å². The van der Waals surface area contributed by atoms with Crippen molar-refractivity contribution < 1.29 is 4.74 Å². The van der Waals surface area contributed by atoms with Crippen LogP contribution in [0, 0.1) is 10.7 Å². The van der Waals surface area contributed by atoms with Gasteiger partial charge in [-0.15, -0.1) is 0 Å². The SMILES string of the molecule is [CH3][Al]([CH3])[C]#CCOc1ccccc1. The van der Waals surface area contributed by atoms with Crippen LogP contribution in [0.5, 0.6) is 5.75 Å². The van der Waals surface area contributed by atoms with Crippen LogP contribution in [-0.4, -0.2) is 20.8 Å². The Labute approximate surface area is 84.1 Å². The Bertz CT molecular complexity index is 295. The highest BCUT2D eigenvalue weighted by atomic mass is 27.2. The summed E-state index contributed by atoms with van der Waals surface area (Å²) in [5, 5.41) is 0. The highest BCUT2D eigenvalue weighted by Gasteiger charge is 1.93. The first-order valence-corrected chi connectivity index (χ1v) is 7.34. The Morgan fingerprint density at radius 2 is 1.92 bits per heavy atom. The van der Waals surface area contributed by atoms with Crippen molar-refractivity contribution in [1.29, 1.82) is 0 Å². The molecule has 0 saturated heterocycles. The van der Waals surface area contributed by atoms with E-state index in [0.717, 1.165) is 5.75 Å². The van der Waals surface area contributed by atoms with Gasteiger partial charge in [-0.25, -0.2) is 4.78 Å². The highest BCUT2D eigenvalue weighted by molar-refractivity contribution is 6.64. The first-order valence-electron chi connectivity index (χ1n) is 4.45. The molecule has 0 unspecified atom stereocenters. The van der Waals surface area contributed by atoms with Crippen molar-refractivity contribution in [3.05, 3.63) is 30.3 Å². The number of rotatable bonds is 2. The van der Waals surface area contributed by atoms with Crippen molar-refractivity contribution >= 4 is 14.1 Å². The summed E-state index contributed by atoms with van der Waals surface area (Å²) in [6.45, 7) is 0.509. The minimum Gasteiger partial charge on any atom is -0.481 e. The molecule has 66 valence electrons. The predicted octanol–water partition coefficient (Wildman–Crippen LogP) is 2.36. The van der Waals surface area contributed by atoms with Gasteiger partial charge in [-0.3, -0.25) is 0 Å². The largest absolute Gasteiger partial charge is 0.481 e. The van der Waals surface area contributed by atoms with Gasteiger partial charge in [-0.2, -0.15) is 0 Å². The minimum absolute atomic E-state index is 0.509. The number of hydrogen-bond donors (Lipinski definition) is 0. The molecule has 1 aromatic carbocycles. The Morgan fingerprint density at radius 3 is 2.54 bits per heavy atom. The molecule has 0 atom stereocenters. The topological polar surface area (TPSA) is 9.23 Å². The lowest BCUT2D eigenvalue weighted by atomic mass is 10.3. The fourth-order valence-corrected chi connectivity index (χ4v) is 1.37. The summed E-state index contributed by atoms with van der Waals surface area (Å²) in [6.07, 6.45) is 0. The molecule has 1 aromatic rings.